The number of esters is 1. The second kappa shape index (κ2) is 7.44. The molecule has 0 fully saturated rings. The van der Waals surface area contributed by atoms with Gasteiger partial charge in [-0.3, -0.25) is 4.98 Å². The summed E-state index contributed by atoms with van der Waals surface area (Å²) in [6.45, 7) is 2.44. The molecule has 1 N–H and O–H groups in total. The number of anilines is 1. The lowest BCUT2D eigenvalue weighted by Crippen LogP contribution is -2.11. The van der Waals surface area contributed by atoms with E-state index in [1.807, 2.05) is 6.07 Å². The Kier molecular flexibility index (Phi) is 5.09. The third-order valence-electron chi connectivity index (χ3n) is 3.66. The zero-order valence-electron chi connectivity index (χ0n) is 13.8. The van der Waals surface area contributed by atoms with Crippen molar-refractivity contribution in [2.75, 3.05) is 19.0 Å². The molecular weight excluding hydrogens is 344 g/mol. The minimum Gasteiger partial charge on any atom is -0.495 e. The number of furan rings is 1. The largest absolute Gasteiger partial charge is 0.495 e. The highest BCUT2D eigenvalue weighted by atomic mass is 35.5. The van der Waals surface area contributed by atoms with E-state index in [0.717, 1.165) is 5.76 Å². The van der Waals surface area contributed by atoms with Gasteiger partial charge in [0.2, 0.25) is 0 Å². The minimum atomic E-state index is -0.451. The van der Waals surface area contributed by atoms with Gasteiger partial charge in [0.15, 0.2) is 0 Å². The lowest BCUT2D eigenvalue weighted by molar-refractivity contribution is 0.0527. The highest BCUT2D eigenvalue weighted by Gasteiger charge is 2.18. The summed E-state index contributed by atoms with van der Waals surface area (Å²) >= 11 is 6.17. The van der Waals surface area contributed by atoms with Gasteiger partial charge >= 0.3 is 5.97 Å². The molecule has 0 spiro atoms. The molecule has 0 atom stereocenters. The molecule has 25 heavy (non-hydrogen) atoms. The Morgan fingerprint density at radius 2 is 2.24 bits per heavy atom. The number of carbonyl (C=O) groups excluding carboxylic acids is 1. The summed E-state index contributed by atoms with van der Waals surface area (Å²) in [5.74, 6) is 0.784. The third kappa shape index (κ3) is 3.53. The van der Waals surface area contributed by atoms with Crippen molar-refractivity contribution in [3.63, 3.8) is 0 Å². The molecule has 2 heterocycles. The Morgan fingerprint density at radius 3 is 2.92 bits per heavy atom. The average Bonchev–Trinajstić information content (AvgIpc) is 3.12. The molecular formula is C18H17ClN2O4. The molecule has 130 valence electrons. The van der Waals surface area contributed by atoms with Gasteiger partial charge in [0.25, 0.3) is 0 Å². The standard InChI is InChI=1S/C18H17ClN2O4/c1-3-24-18(22)13-10-20-15-8-14(19)16(23-2)7-12(15)17(13)21-9-11-5-4-6-25-11/h4-8,10H,3,9H2,1-2H3,(H,20,21). The summed E-state index contributed by atoms with van der Waals surface area (Å²) in [4.78, 5) is 16.6. The number of nitrogens with one attached hydrogen (secondary N) is 1. The zero-order valence-corrected chi connectivity index (χ0v) is 14.6. The second-order valence-corrected chi connectivity index (χ2v) is 5.61. The Labute approximate surface area is 149 Å². The molecule has 1 aromatic carbocycles. The monoisotopic (exact) mass is 360 g/mol. The highest BCUT2D eigenvalue weighted by Crippen LogP contribution is 2.34. The number of fused-ring (bicyclic) bond motifs is 1. The normalized spacial score (nSPS) is 10.7. The molecule has 0 bridgehead atoms. The fourth-order valence-corrected chi connectivity index (χ4v) is 2.73. The number of aromatic nitrogens is 1. The van der Waals surface area contributed by atoms with Crippen LogP contribution < -0.4 is 10.1 Å². The Morgan fingerprint density at radius 1 is 1.40 bits per heavy atom. The van der Waals surface area contributed by atoms with Crippen LogP contribution in [0.15, 0.2) is 41.1 Å². The number of hydrogen-bond donors (Lipinski definition) is 1. The van der Waals surface area contributed by atoms with Gasteiger partial charge in [-0.15, -0.1) is 0 Å². The van der Waals surface area contributed by atoms with E-state index in [2.05, 4.69) is 10.3 Å². The van der Waals surface area contributed by atoms with Crippen molar-refractivity contribution < 1.29 is 18.7 Å². The predicted molar refractivity (Wildman–Crippen MR) is 95.3 cm³/mol. The summed E-state index contributed by atoms with van der Waals surface area (Å²) in [5.41, 5.74) is 1.57. The molecule has 0 aliphatic heterocycles. The van der Waals surface area contributed by atoms with Crippen LogP contribution in [-0.4, -0.2) is 24.7 Å². The van der Waals surface area contributed by atoms with Crippen LogP contribution in [0.2, 0.25) is 5.02 Å². The van der Waals surface area contributed by atoms with Crippen LogP contribution in [-0.2, 0) is 11.3 Å². The Bertz CT molecular complexity index is 894. The first-order valence-electron chi connectivity index (χ1n) is 7.73. The van der Waals surface area contributed by atoms with Crippen LogP contribution >= 0.6 is 11.6 Å². The summed E-state index contributed by atoms with van der Waals surface area (Å²) < 4.78 is 15.8. The maximum atomic E-state index is 12.3. The van der Waals surface area contributed by atoms with Crippen molar-refractivity contribution in [2.24, 2.45) is 0 Å². The lowest BCUT2D eigenvalue weighted by Gasteiger charge is -2.14. The van der Waals surface area contributed by atoms with Crippen molar-refractivity contribution in [1.29, 1.82) is 0 Å². The van der Waals surface area contributed by atoms with Crippen molar-refractivity contribution in [1.82, 2.24) is 4.98 Å². The van der Waals surface area contributed by atoms with E-state index in [9.17, 15) is 4.79 Å². The van der Waals surface area contributed by atoms with Gasteiger partial charge in [-0.05, 0) is 31.2 Å². The third-order valence-corrected chi connectivity index (χ3v) is 3.95. The average molecular weight is 361 g/mol. The van der Waals surface area contributed by atoms with Gasteiger partial charge in [-0.1, -0.05) is 11.6 Å². The fraction of sp³-hybridized carbons (Fsp3) is 0.222. The van der Waals surface area contributed by atoms with Crippen LogP contribution in [0.3, 0.4) is 0 Å². The lowest BCUT2D eigenvalue weighted by atomic mass is 10.1. The number of nitrogens with zero attached hydrogens (tertiary/aromatic N) is 1. The van der Waals surface area contributed by atoms with Gasteiger partial charge in [0.1, 0.15) is 17.1 Å². The van der Waals surface area contributed by atoms with Gasteiger partial charge in [-0.2, -0.15) is 0 Å². The van der Waals surface area contributed by atoms with Crippen LogP contribution in [0.5, 0.6) is 5.75 Å². The van der Waals surface area contributed by atoms with Crippen molar-refractivity contribution in [3.05, 3.63) is 53.1 Å². The van der Waals surface area contributed by atoms with E-state index in [1.54, 1.807) is 31.4 Å². The van der Waals surface area contributed by atoms with Crippen LogP contribution in [0.25, 0.3) is 10.9 Å². The Hall–Kier alpha value is -2.73. The molecule has 3 aromatic rings. The summed E-state index contributed by atoms with van der Waals surface area (Å²) in [5, 5.41) is 4.39. The van der Waals surface area contributed by atoms with Crippen LogP contribution in [0.1, 0.15) is 23.0 Å². The van der Waals surface area contributed by atoms with E-state index in [1.165, 1.54) is 13.3 Å². The molecule has 0 saturated carbocycles. The molecule has 7 heteroatoms. The number of benzene rings is 1. The van der Waals surface area contributed by atoms with E-state index in [0.29, 0.717) is 39.5 Å². The van der Waals surface area contributed by atoms with E-state index in [-0.39, 0.29) is 6.61 Å². The number of carbonyl (C=O) groups is 1. The maximum Gasteiger partial charge on any atom is 0.341 e. The van der Waals surface area contributed by atoms with E-state index in [4.69, 9.17) is 25.5 Å². The van der Waals surface area contributed by atoms with Crippen molar-refractivity contribution in [3.8, 4) is 5.75 Å². The summed E-state index contributed by atoms with van der Waals surface area (Å²) in [6, 6.07) is 7.09. The molecule has 0 aliphatic rings. The SMILES string of the molecule is CCOC(=O)c1cnc2cc(Cl)c(OC)cc2c1NCc1ccco1. The van der Waals surface area contributed by atoms with Gasteiger partial charge < -0.3 is 19.2 Å². The topological polar surface area (TPSA) is 73.6 Å². The first-order valence-corrected chi connectivity index (χ1v) is 8.11. The second-order valence-electron chi connectivity index (χ2n) is 5.20. The van der Waals surface area contributed by atoms with E-state index < -0.39 is 5.97 Å². The summed E-state index contributed by atoms with van der Waals surface area (Å²) in [7, 11) is 1.53. The summed E-state index contributed by atoms with van der Waals surface area (Å²) in [6.07, 6.45) is 3.07. The number of methoxy groups -OCH3 is 1. The zero-order chi connectivity index (χ0) is 17.8. The van der Waals surface area contributed by atoms with Crippen LogP contribution in [0.4, 0.5) is 5.69 Å². The van der Waals surface area contributed by atoms with Gasteiger partial charge in [0.05, 0.1) is 42.8 Å². The van der Waals surface area contributed by atoms with Crippen LogP contribution in [0, 0.1) is 0 Å². The van der Waals surface area contributed by atoms with Crippen molar-refractivity contribution in [2.45, 2.75) is 13.5 Å². The number of rotatable bonds is 6. The molecule has 3 rings (SSSR count). The number of ether oxygens (including phenoxy) is 2. The minimum absolute atomic E-state index is 0.276. The number of hydrogen-bond acceptors (Lipinski definition) is 6. The molecule has 0 saturated heterocycles. The number of pyridine rings is 1. The molecule has 0 aliphatic carbocycles. The molecule has 6 nitrogen and oxygen atoms in total. The van der Waals surface area contributed by atoms with Gasteiger partial charge in [0, 0.05) is 11.6 Å². The Balaban J connectivity index is 2.11. The van der Waals surface area contributed by atoms with E-state index >= 15 is 0 Å². The van der Waals surface area contributed by atoms with Gasteiger partial charge in [-0.25, -0.2) is 4.79 Å². The quantitative estimate of drug-likeness (QED) is 0.661. The van der Waals surface area contributed by atoms with Crippen molar-refractivity contribution >= 4 is 34.2 Å². The maximum absolute atomic E-state index is 12.3. The predicted octanol–water partition coefficient (Wildman–Crippen LogP) is 4.28. The number of halogens is 1. The molecule has 0 amide bonds. The fourth-order valence-electron chi connectivity index (χ4n) is 2.49. The molecule has 2 aromatic heterocycles. The first kappa shape index (κ1) is 17.1. The smallest absolute Gasteiger partial charge is 0.341 e. The highest BCUT2D eigenvalue weighted by molar-refractivity contribution is 6.33. The first-order chi connectivity index (χ1) is 12.1. The molecule has 0 unspecified atom stereocenters. The molecule has 0 radical (unpaired) electrons.